The van der Waals surface area contributed by atoms with Gasteiger partial charge in [-0.2, -0.15) is 0 Å². The Hall–Kier alpha value is -6.19. The van der Waals surface area contributed by atoms with E-state index in [4.69, 9.17) is 15.0 Å². The zero-order valence-corrected chi connectivity index (χ0v) is 24.9. The summed E-state index contributed by atoms with van der Waals surface area (Å²) in [4.78, 5) is 15.0. The second kappa shape index (κ2) is 10.8. The van der Waals surface area contributed by atoms with E-state index < -0.39 is 0 Å². The molecule has 3 heteroatoms. The van der Waals surface area contributed by atoms with Crippen molar-refractivity contribution >= 4 is 43.1 Å². The van der Waals surface area contributed by atoms with Gasteiger partial charge in [-0.15, -0.1) is 0 Å². The molecule has 0 aliphatic heterocycles. The van der Waals surface area contributed by atoms with Crippen LogP contribution in [-0.4, -0.2) is 15.0 Å². The minimum absolute atomic E-state index is 0.658. The van der Waals surface area contributed by atoms with Crippen molar-refractivity contribution in [3.63, 3.8) is 0 Å². The summed E-state index contributed by atoms with van der Waals surface area (Å²) in [5.41, 5.74) is 5.29. The molecule has 0 spiro atoms. The first kappa shape index (κ1) is 26.2. The summed E-state index contributed by atoms with van der Waals surface area (Å²) in [6, 6.07) is 57.6. The molecule has 46 heavy (non-hydrogen) atoms. The smallest absolute Gasteiger partial charge is 0.164 e. The summed E-state index contributed by atoms with van der Waals surface area (Å²) >= 11 is 0. The van der Waals surface area contributed by atoms with Crippen molar-refractivity contribution in [2.45, 2.75) is 0 Å². The van der Waals surface area contributed by atoms with Crippen LogP contribution in [0.1, 0.15) is 0 Å². The molecule has 0 amide bonds. The first-order valence-electron chi connectivity index (χ1n) is 15.5. The van der Waals surface area contributed by atoms with E-state index in [1.165, 1.54) is 43.4 Å². The highest BCUT2D eigenvalue weighted by Gasteiger charge is 2.17. The molecule has 8 aromatic carbocycles. The zero-order chi connectivity index (χ0) is 30.5. The molecule has 0 bridgehead atoms. The lowest BCUT2D eigenvalue weighted by atomic mass is 9.89. The van der Waals surface area contributed by atoms with E-state index in [0.29, 0.717) is 17.5 Å². The van der Waals surface area contributed by atoms with Crippen LogP contribution in [0, 0.1) is 0 Å². The molecule has 0 aliphatic carbocycles. The SMILES string of the molecule is c1ccc(-c2nc(-c3ccccc3)nc(-c3ccc(-c4cccc5c4ccc4c6ccccc6ccc54)c4ccccc34)n2)cc1. The van der Waals surface area contributed by atoms with Crippen LogP contribution in [0.2, 0.25) is 0 Å². The molecule has 0 N–H and O–H groups in total. The van der Waals surface area contributed by atoms with Gasteiger partial charge in [0.15, 0.2) is 17.5 Å². The van der Waals surface area contributed by atoms with Crippen LogP contribution < -0.4 is 0 Å². The molecule has 1 heterocycles. The van der Waals surface area contributed by atoms with Gasteiger partial charge in [0.2, 0.25) is 0 Å². The predicted molar refractivity (Wildman–Crippen MR) is 192 cm³/mol. The van der Waals surface area contributed by atoms with E-state index in [-0.39, 0.29) is 0 Å². The standard InChI is InChI=1S/C43H27N3/c1-3-13-29(14-4-1)41-44-42(30-15-5-2-6-16-30)46-43(45-41)40-27-26-39(32-18-9-10-19-35(32)40)34-21-11-20-33-37-23-22-28-12-7-8-17-31(28)36(37)24-25-38(33)34/h1-27H. The zero-order valence-electron chi connectivity index (χ0n) is 24.9. The molecule has 9 aromatic rings. The third kappa shape index (κ3) is 4.33. The highest BCUT2D eigenvalue weighted by molar-refractivity contribution is 6.20. The van der Waals surface area contributed by atoms with Crippen molar-refractivity contribution in [2.75, 3.05) is 0 Å². The topological polar surface area (TPSA) is 38.7 Å². The highest BCUT2D eigenvalue weighted by Crippen LogP contribution is 2.40. The van der Waals surface area contributed by atoms with Crippen LogP contribution in [-0.2, 0) is 0 Å². The van der Waals surface area contributed by atoms with E-state index >= 15 is 0 Å². The Morgan fingerprint density at radius 1 is 0.239 bits per heavy atom. The number of benzene rings is 8. The van der Waals surface area contributed by atoms with E-state index in [0.717, 1.165) is 27.5 Å². The molecule has 9 rings (SSSR count). The molecule has 0 saturated heterocycles. The van der Waals surface area contributed by atoms with Crippen molar-refractivity contribution in [3.05, 3.63) is 164 Å². The molecule has 0 aliphatic rings. The molecular formula is C43H27N3. The molecule has 0 fully saturated rings. The maximum absolute atomic E-state index is 5.04. The molecule has 214 valence electrons. The molecule has 0 radical (unpaired) electrons. The number of hydrogen-bond donors (Lipinski definition) is 0. The average Bonchev–Trinajstić information content (AvgIpc) is 3.14. The maximum Gasteiger partial charge on any atom is 0.164 e. The number of rotatable bonds is 4. The monoisotopic (exact) mass is 585 g/mol. The Morgan fingerprint density at radius 2 is 0.674 bits per heavy atom. The lowest BCUT2D eigenvalue weighted by molar-refractivity contribution is 1.08. The predicted octanol–water partition coefficient (Wildman–Crippen LogP) is 11.2. The van der Waals surface area contributed by atoms with Gasteiger partial charge in [0.25, 0.3) is 0 Å². The van der Waals surface area contributed by atoms with Gasteiger partial charge in [0.05, 0.1) is 0 Å². The van der Waals surface area contributed by atoms with Crippen molar-refractivity contribution < 1.29 is 0 Å². The van der Waals surface area contributed by atoms with Gasteiger partial charge < -0.3 is 0 Å². The second-order valence-corrected chi connectivity index (χ2v) is 11.6. The molecular weight excluding hydrogens is 558 g/mol. The number of hydrogen-bond acceptors (Lipinski definition) is 3. The summed E-state index contributed by atoms with van der Waals surface area (Å²) in [7, 11) is 0. The number of aromatic nitrogens is 3. The Kier molecular flexibility index (Phi) is 6.14. The summed E-state index contributed by atoms with van der Waals surface area (Å²) in [5.74, 6) is 1.98. The van der Waals surface area contributed by atoms with Gasteiger partial charge in [-0.1, -0.05) is 158 Å². The van der Waals surface area contributed by atoms with Crippen LogP contribution in [0.25, 0.3) is 88.4 Å². The summed E-state index contributed by atoms with van der Waals surface area (Å²) in [5, 5.41) is 9.85. The van der Waals surface area contributed by atoms with Crippen molar-refractivity contribution in [1.29, 1.82) is 0 Å². The third-order valence-electron chi connectivity index (χ3n) is 8.94. The fourth-order valence-corrected chi connectivity index (χ4v) is 6.75. The largest absolute Gasteiger partial charge is 0.208 e. The van der Waals surface area contributed by atoms with Gasteiger partial charge in [-0.25, -0.2) is 15.0 Å². The van der Waals surface area contributed by atoms with E-state index in [1.807, 2.05) is 60.7 Å². The molecule has 3 nitrogen and oxygen atoms in total. The van der Waals surface area contributed by atoms with Crippen LogP contribution >= 0.6 is 0 Å². The average molecular weight is 586 g/mol. The summed E-state index contributed by atoms with van der Waals surface area (Å²) in [6.45, 7) is 0. The Balaban J connectivity index is 1.26. The molecule has 0 unspecified atom stereocenters. The van der Waals surface area contributed by atoms with Crippen LogP contribution in [0.15, 0.2) is 164 Å². The van der Waals surface area contributed by atoms with Gasteiger partial charge in [0, 0.05) is 16.7 Å². The third-order valence-corrected chi connectivity index (χ3v) is 8.94. The fourth-order valence-electron chi connectivity index (χ4n) is 6.75. The lowest BCUT2D eigenvalue weighted by Gasteiger charge is -2.15. The minimum atomic E-state index is 0.658. The lowest BCUT2D eigenvalue weighted by Crippen LogP contribution is -2.00. The normalized spacial score (nSPS) is 11.5. The summed E-state index contributed by atoms with van der Waals surface area (Å²) in [6.07, 6.45) is 0. The maximum atomic E-state index is 5.04. The Bertz CT molecular complexity index is 2520. The number of fused-ring (bicyclic) bond motifs is 6. The quantitative estimate of drug-likeness (QED) is 0.193. The van der Waals surface area contributed by atoms with E-state index in [9.17, 15) is 0 Å². The van der Waals surface area contributed by atoms with E-state index in [1.54, 1.807) is 0 Å². The van der Waals surface area contributed by atoms with Gasteiger partial charge in [0.1, 0.15) is 0 Å². The molecule has 0 atom stereocenters. The van der Waals surface area contributed by atoms with Gasteiger partial charge >= 0.3 is 0 Å². The molecule has 1 aromatic heterocycles. The van der Waals surface area contributed by atoms with Crippen molar-refractivity contribution in [3.8, 4) is 45.3 Å². The first-order valence-corrected chi connectivity index (χ1v) is 15.5. The van der Waals surface area contributed by atoms with Crippen molar-refractivity contribution in [2.24, 2.45) is 0 Å². The highest BCUT2D eigenvalue weighted by atomic mass is 15.0. The van der Waals surface area contributed by atoms with Crippen molar-refractivity contribution in [1.82, 2.24) is 15.0 Å². The van der Waals surface area contributed by atoms with Crippen LogP contribution in [0.3, 0.4) is 0 Å². The number of nitrogens with zero attached hydrogens (tertiary/aromatic N) is 3. The van der Waals surface area contributed by atoms with Gasteiger partial charge in [-0.05, 0) is 60.3 Å². The van der Waals surface area contributed by atoms with Crippen LogP contribution in [0.4, 0.5) is 0 Å². The van der Waals surface area contributed by atoms with E-state index in [2.05, 4.69) is 103 Å². The Labute approximate surface area is 266 Å². The molecule has 0 saturated carbocycles. The summed E-state index contributed by atoms with van der Waals surface area (Å²) < 4.78 is 0. The Morgan fingerprint density at radius 3 is 1.39 bits per heavy atom. The fraction of sp³-hybridized carbons (Fsp3) is 0. The van der Waals surface area contributed by atoms with Crippen LogP contribution in [0.5, 0.6) is 0 Å². The van der Waals surface area contributed by atoms with Gasteiger partial charge in [-0.3, -0.25) is 0 Å². The second-order valence-electron chi connectivity index (χ2n) is 11.6. The first-order chi connectivity index (χ1) is 22.8. The minimum Gasteiger partial charge on any atom is -0.208 e.